The molecular formula is C9H18N2O. The molecule has 0 aromatic carbocycles. The van der Waals surface area contributed by atoms with Crippen molar-refractivity contribution in [1.29, 1.82) is 0 Å². The third-order valence-electron chi connectivity index (χ3n) is 2.19. The summed E-state index contributed by atoms with van der Waals surface area (Å²) in [6.45, 7) is 5.54. The minimum atomic E-state index is 0.265. The summed E-state index contributed by atoms with van der Waals surface area (Å²) < 4.78 is 0. The second-order valence-corrected chi connectivity index (χ2v) is 3.26. The summed E-state index contributed by atoms with van der Waals surface area (Å²) in [5.74, 6) is 0.265. The molecule has 0 aliphatic carbocycles. The smallest absolute Gasteiger partial charge is 0.236 e. The van der Waals surface area contributed by atoms with Gasteiger partial charge in [-0.2, -0.15) is 0 Å². The second-order valence-electron chi connectivity index (χ2n) is 3.26. The van der Waals surface area contributed by atoms with Crippen LogP contribution in [0.5, 0.6) is 0 Å². The van der Waals surface area contributed by atoms with Crippen LogP contribution in [0.4, 0.5) is 0 Å². The van der Waals surface area contributed by atoms with Gasteiger partial charge in [0.2, 0.25) is 5.91 Å². The van der Waals surface area contributed by atoms with E-state index in [0.717, 1.165) is 38.9 Å². The van der Waals surface area contributed by atoms with Gasteiger partial charge in [0.15, 0.2) is 0 Å². The van der Waals surface area contributed by atoms with Gasteiger partial charge in [0.25, 0.3) is 0 Å². The van der Waals surface area contributed by atoms with Crippen LogP contribution in [0.25, 0.3) is 0 Å². The van der Waals surface area contributed by atoms with Gasteiger partial charge in [0, 0.05) is 13.1 Å². The topological polar surface area (TPSA) is 32.3 Å². The fraction of sp³-hybridized carbons (Fsp3) is 0.889. The van der Waals surface area contributed by atoms with Gasteiger partial charge < -0.3 is 10.2 Å². The zero-order chi connectivity index (χ0) is 8.81. The summed E-state index contributed by atoms with van der Waals surface area (Å²) in [6.07, 6.45) is 3.39. The van der Waals surface area contributed by atoms with Gasteiger partial charge in [-0.05, 0) is 19.4 Å². The molecule has 0 spiro atoms. The van der Waals surface area contributed by atoms with Gasteiger partial charge in [-0.25, -0.2) is 0 Å². The monoisotopic (exact) mass is 170 g/mol. The van der Waals surface area contributed by atoms with Crippen molar-refractivity contribution in [1.82, 2.24) is 10.2 Å². The van der Waals surface area contributed by atoms with Crippen LogP contribution in [-0.4, -0.2) is 37.0 Å². The van der Waals surface area contributed by atoms with Gasteiger partial charge in [-0.3, -0.25) is 4.79 Å². The highest BCUT2D eigenvalue weighted by Gasteiger charge is 2.14. The third kappa shape index (κ3) is 2.81. The fourth-order valence-corrected chi connectivity index (χ4v) is 1.41. The number of nitrogens with one attached hydrogen (secondary N) is 1. The van der Waals surface area contributed by atoms with Gasteiger partial charge in [-0.15, -0.1) is 0 Å². The van der Waals surface area contributed by atoms with Gasteiger partial charge >= 0.3 is 0 Å². The first kappa shape index (κ1) is 9.52. The molecule has 1 saturated heterocycles. The Morgan fingerprint density at radius 1 is 1.58 bits per heavy atom. The molecule has 1 N–H and O–H groups in total. The van der Waals surface area contributed by atoms with Gasteiger partial charge in [-0.1, -0.05) is 13.3 Å². The average Bonchev–Trinajstić information content (AvgIpc) is 2.27. The quantitative estimate of drug-likeness (QED) is 0.673. The molecule has 0 aromatic rings. The van der Waals surface area contributed by atoms with Gasteiger partial charge in [0.05, 0.1) is 6.54 Å². The summed E-state index contributed by atoms with van der Waals surface area (Å²) in [5.41, 5.74) is 0. The number of rotatable bonds is 3. The molecule has 0 bridgehead atoms. The number of hydrogen-bond donors (Lipinski definition) is 1. The van der Waals surface area contributed by atoms with E-state index in [0.29, 0.717) is 6.54 Å². The van der Waals surface area contributed by atoms with Crippen LogP contribution < -0.4 is 5.32 Å². The molecule has 3 nitrogen and oxygen atoms in total. The fourth-order valence-electron chi connectivity index (χ4n) is 1.41. The van der Waals surface area contributed by atoms with Crippen molar-refractivity contribution in [3.8, 4) is 0 Å². The summed E-state index contributed by atoms with van der Waals surface area (Å²) in [4.78, 5) is 13.4. The minimum Gasteiger partial charge on any atom is -0.342 e. The molecule has 1 aliphatic heterocycles. The summed E-state index contributed by atoms with van der Waals surface area (Å²) in [6, 6.07) is 0. The van der Waals surface area contributed by atoms with E-state index >= 15 is 0 Å². The Morgan fingerprint density at radius 2 is 2.42 bits per heavy atom. The Balaban J connectivity index is 2.31. The largest absolute Gasteiger partial charge is 0.342 e. The van der Waals surface area contributed by atoms with Crippen molar-refractivity contribution < 1.29 is 4.79 Å². The normalized spacial score (nSPS) is 19.4. The van der Waals surface area contributed by atoms with E-state index in [1.807, 2.05) is 4.90 Å². The molecule has 0 saturated carbocycles. The number of hydrogen-bond acceptors (Lipinski definition) is 2. The average molecular weight is 170 g/mol. The molecule has 1 amide bonds. The molecule has 12 heavy (non-hydrogen) atoms. The van der Waals surface area contributed by atoms with Crippen LogP contribution in [-0.2, 0) is 4.79 Å². The molecule has 70 valence electrons. The van der Waals surface area contributed by atoms with E-state index in [9.17, 15) is 4.79 Å². The predicted molar refractivity (Wildman–Crippen MR) is 49.0 cm³/mol. The summed E-state index contributed by atoms with van der Waals surface area (Å²) in [5, 5.41) is 3.11. The van der Waals surface area contributed by atoms with Crippen molar-refractivity contribution in [2.45, 2.75) is 26.2 Å². The molecular weight excluding hydrogens is 152 g/mol. The van der Waals surface area contributed by atoms with Crippen LogP contribution in [0.1, 0.15) is 26.2 Å². The van der Waals surface area contributed by atoms with Crippen LogP contribution in [0, 0.1) is 0 Å². The first-order valence-electron chi connectivity index (χ1n) is 4.83. The van der Waals surface area contributed by atoms with Crippen molar-refractivity contribution in [3.63, 3.8) is 0 Å². The lowest BCUT2D eigenvalue weighted by Crippen LogP contribution is -2.35. The molecule has 0 radical (unpaired) electrons. The highest BCUT2D eigenvalue weighted by molar-refractivity contribution is 5.78. The first-order chi connectivity index (χ1) is 5.84. The number of nitrogens with zero attached hydrogens (tertiary/aromatic N) is 1. The van der Waals surface area contributed by atoms with Gasteiger partial charge in [0.1, 0.15) is 0 Å². The first-order valence-corrected chi connectivity index (χ1v) is 4.83. The maximum absolute atomic E-state index is 11.4. The predicted octanol–water partition coefficient (Wildman–Crippen LogP) is 0.608. The van der Waals surface area contributed by atoms with E-state index in [1.54, 1.807) is 0 Å². The Hall–Kier alpha value is -0.570. The highest BCUT2D eigenvalue weighted by Crippen LogP contribution is 1.99. The van der Waals surface area contributed by atoms with E-state index in [1.165, 1.54) is 0 Å². The van der Waals surface area contributed by atoms with Crippen LogP contribution in [0.15, 0.2) is 0 Å². The zero-order valence-corrected chi connectivity index (χ0v) is 7.81. The Morgan fingerprint density at radius 3 is 3.17 bits per heavy atom. The zero-order valence-electron chi connectivity index (χ0n) is 7.81. The standard InChI is InChI=1S/C9H18N2O/c1-2-3-6-11-7-4-5-10-8-9(11)12/h10H,2-8H2,1H3. The number of amides is 1. The SMILES string of the molecule is CCCCN1CCCNCC1=O. The number of unbranched alkanes of at least 4 members (excludes halogenated alkanes) is 1. The van der Waals surface area contributed by atoms with E-state index in [2.05, 4.69) is 12.2 Å². The molecule has 1 heterocycles. The summed E-state index contributed by atoms with van der Waals surface area (Å²) in [7, 11) is 0. The number of carbonyl (C=O) groups excluding carboxylic acids is 1. The molecule has 3 heteroatoms. The molecule has 0 unspecified atom stereocenters. The molecule has 1 rings (SSSR count). The Bertz CT molecular complexity index is 147. The molecule has 1 aliphatic rings. The Kier molecular flexibility index (Phi) is 4.08. The van der Waals surface area contributed by atoms with Crippen LogP contribution >= 0.6 is 0 Å². The van der Waals surface area contributed by atoms with E-state index in [-0.39, 0.29) is 5.91 Å². The van der Waals surface area contributed by atoms with Crippen molar-refractivity contribution >= 4 is 5.91 Å². The van der Waals surface area contributed by atoms with E-state index in [4.69, 9.17) is 0 Å². The Labute approximate surface area is 74.1 Å². The minimum absolute atomic E-state index is 0.265. The second kappa shape index (κ2) is 5.14. The molecule has 1 fully saturated rings. The number of carbonyl (C=O) groups is 1. The maximum Gasteiger partial charge on any atom is 0.236 e. The van der Waals surface area contributed by atoms with Crippen LogP contribution in [0.3, 0.4) is 0 Å². The lowest BCUT2D eigenvalue weighted by atomic mass is 10.3. The van der Waals surface area contributed by atoms with Crippen molar-refractivity contribution in [3.05, 3.63) is 0 Å². The van der Waals surface area contributed by atoms with Crippen LogP contribution in [0.2, 0.25) is 0 Å². The lowest BCUT2D eigenvalue weighted by Gasteiger charge is -2.19. The van der Waals surface area contributed by atoms with E-state index < -0.39 is 0 Å². The lowest BCUT2D eigenvalue weighted by molar-refractivity contribution is -0.129. The highest BCUT2D eigenvalue weighted by atomic mass is 16.2. The summed E-state index contributed by atoms with van der Waals surface area (Å²) >= 11 is 0. The van der Waals surface area contributed by atoms with Crippen molar-refractivity contribution in [2.75, 3.05) is 26.2 Å². The maximum atomic E-state index is 11.4. The molecule has 0 atom stereocenters. The molecule has 0 aromatic heterocycles. The third-order valence-corrected chi connectivity index (χ3v) is 2.19. The van der Waals surface area contributed by atoms with Crippen molar-refractivity contribution in [2.24, 2.45) is 0 Å².